The van der Waals surface area contributed by atoms with Gasteiger partial charge in [-0.3, -0.25) is 0 Å². The second kappa shape index (κ2) is 16.1. The Bertz CT molecular complexity index is 351. The molecule has 0 atom stereocenters. The number of carbonyl (C=O) groups excluding carboxylic acids is 1. The Balaban J connectivity index is 4.66. The number of ether oxygens (including phenoxy) is 2. The van der Waals surface area contributed by atoms with E-state index in [0.29, 0.717) is 19.6 Å². The van der Waals surface area contributed by atoms with Crippen LogP contribution in [0.2, 0.25) is 13.3 Å². The maximum absolute atomic E-state index is 11.1. The van der Waals surface area contributed by atoms with Gasteiger partial charge in [-0.2, -0.15) is 0 Å². The van der Waals surface area contributed by atoms with Crippen LogP contribution in [0.5, 0.6) is 0 Å². The maximum atomic E-state index is 11.1. The quantitative estimate of drug-likeness (QED) is 0.130. The molecule has 0 aromatic rings. The molecule has 0 heterocycles. The minimum atomic E-state index is -2.20. The van der Waals surface area contributed by atoms with E-state index in [1.165, 1.54) is 51.8 Å². The topological polar surface area (TPSA) is 35.5 Å². The molecule has 0 aliphatic heterocycles. The molecule has 0 aliphatic rings. The number of unbranched alkanes of at least 4 members (excludes halogenated alkanes) is 3. The fraction of sp³-hybridized carbons (Fsp3) is 0.800. The average Bonchev–Trinajstić information content (AvgIpc) is 2.59. The van der Waals surface area contributed by atoms with Crippen molar-refractivity contribution in [2.24, 2.45) is 0 Å². The predicted octanol–water partition coefficient (Wildman–Crippen LogP) is 6.65. The first-order chi connectivity index (χ1) is 11.6. The summed E-state index contributed by atoms with van der Waals surface area (Å²) < 4.78 is 16.6. The van der Waals surface area contributed by atoms with E-state index in [1.807, 2.05) is 6.08 Å². The van der Waals surface area contributed by atoms with Crippen LogP contribution >= 0.6 is 0 Å². The number of carbonyl (C=O) groups is 1. The Kier molecular flexibility index (Phi) is 15.8. The first kappa shape index (κ1) is 23.6. The zero-order valence-corrected chi connectivity index (χ0v) is 19.2. The molecule has 0 fully saturated rings. The van der Waals surface area contributed by atoms with Gasteiger partial charge in [0.25, 0.3) is 0 Å². The monoisotopic (exact) mass is 446 g/mol. The first-order valence-corrected chi connectivity index (χ1v) is 17.6. The van der Waals surface area contributed by atoms with E-state index in [9.17, 15) is 4.79 Å². The van der Waals surface area contributed by atoms with Crippen molar-refractivity contribution >= 4 is 24.5 Å². The summed E-state index contributed by atoms with van der Waals surface area (Å²) in [7, 11) is 0. The van der Waals surface area contributed by atoms with Gasteiger partial charge in [0.2, 0.25) is 0 Å². The molecule has 0 unspecified atom stereocenters. The van der Waals surface area contributed by atoms with Gasteiger partial charge in [0.1, 0.15) is 0 Å². The van der Waals surface area contributed by atoms with Gasteiger partial charge in [0.05, 0.1) is 0 Å². The van der Waals surface area contributed by atoms with Gasteiger partial charge in [-0.25, -0.2) is 0 Å². The Morgan fingerprint density at radius 2 is 1.46 bits per heavy atom. The fourth-order valence-corrected chi connectivity index (χ4v) is 16.6. The van der Waals surface area contributed by atoms with Gasteiger partial charge in [-0.15, -0.1) is 0 Å². The van der Waals surface area contributed by atoms with Crippen LogP contribution in [0.4, 0.5) is 4.79 Å². The molecule has 3 nitrogen and oxygen atoms in total. The molecule has 0 spiro atoms. The van der Waals surface area contributed by atoms with E-state index in [1.54, 1.807) is 6.92 Å². The molecule has 0 saturated carbocycles. The summed E-state index contributed by atoms with van der Waals surface area (Å²) in [6, 6.07) is 0. The second-order valence-electron chi connectivity index (χ2n) is 6.51. The molecule has 140 valence electrons. The second-order valence-corrected chi connectivity index (χ2v) is 19.4. The van der Waals surface area contributed by atoms with Crippen LogP contribution < -0.4 is 0 Å². The minimum absolute atomic E-state index is 0.359. The van der Waals surface area contributed by atoms with Crippen LogP contribution in [0.15, 0.2) is 15.9 Å². The standard InChI is InChI=1S/C8H11O3.3C4H9.Sn/c1-3-5-6-7-11-8(9)10-4-2;3*1-3-4-2;/h1,5H,4,6-7H2,2H3;3*1,3-4H2,2H3;. The summed E-state index contributed by atoms with van der Waals surface area (Å²) in [6.45, 7) is 9.39. The van der Waals surface area contributed by atoms with Gasteiger partial charge >= 0.3 is 154 Å². The van der Waals surface area contributed by atoms with Crippen LogP contribution in [0.3, 0.4) is 0 Å². The van der Waals surface area contributed by atoms with Crippen LogP contribution in [0.1, 0.15) is 72.6 Å². The third-order valence-corrected chi connectivity index (χ3v) is 18.1. The molecule has 0 aromatic carbocycles. The molecule has 0 rings (SSSR count). The molecule has 0 N–H and O–H groups in total. The molecular formula is C20H38O3Sn. The van der Waals surface area contributed by atoms with Crippen LogP contribution in [0.25, 0.3) is 0 Å². The third-order valence-electron chi connectivity index (χ3n) is 4.34. The van der Waals surface area contributed by atoms with Gasteiger partial charge in [-0.1, -0.05) is 0 Å². The summed E-state index contributed by atoms with van der Waals surface area (Å²) in [6.07, 6.45) is 10.2. The van der Waals surface area contributed by atoms with Crippen molar-refractivity contribution in [1.82, 2.24) is 0 Å². The summed E-state index contributed by atoms with van der Waals surface area (Å²) in [4.78, 5) is 11.1. The molecule has 0 radical (unpaired) electrons. The molecular weight excluding hydrogens is 407 g/mol. The van der Waals surface area contributed by atoms with Crippen LogP contribution in [-0.4, -0.2) is 37.7 Å². The van der Waals surface area contributed by atoms with E-state index < -0.39 is 24.5 Å². The number of hydrogen-bond acceptors (Lipinski definition) is 3. The first-order valence-electron chi connectivity index (χ1n) is 9.85. The van der Waals surface area contributed by atoms with Crippen molar-refractivity contribution in [3.8, 4) is 0 Å². The zero-order valence-electron chi connectivity index (χ0n) is 16.4. The molecule has 4 heteroatoms. The van der Waals surface area contributed by atoms with Crippen molar-refractivity contribution in [2.75, 3.05) is 13.2 Å². The van der Waals surface area contributed by atoms with E-state index in [-0.39, 0.29) is 0 Å². The van der Waals surface area contributed by atoms with Crippen molar-refractivity contribution in [3.63, 3.8) is 0 Å². The predicted molar refractivity (Wildman–Crippen MR) is 105 cm³/mol. The van der Waals surface area contributed by atoms with E-state index >= 15 is 0 Å². The van der Waals surface area contributed by atoms with Crippen molar-refractivity contribution in [1.29, 1.82) is 0 Å². The van der Waals surface area contributed by atoms with Gasteiger partial charge in [0.15, 0.2) is 0 Å². The summed E-state index contributed by atoms with van der Waals surface area (Å²) >= 11 is -2.20. The van der Waals surface area contributed by atoms with E-state index in [4.69, 9.17) is 9.47 Å². The Labute approximate surface area is 153 Å². The van der Waals surface area contributed by atoms with E-state index in [2.05, 4.69) is 30.6 Å². The molecule has 24 heavy (non-hydrogen) atoms. The molecule has 0 amide bonds. The average molecular weight is 445 g/mol. The molecule has 0 aromatic heterocycles. The SMILES string of the molecule is CCC[CH2][Sn]([CH]=C=CCCOC(=O)OCC)([CH2]CCC)[CH2]CCC. The Morgan fingerprint density at radius 1 is 0.917 bits per heavy atom. The molecule has 0 aliphatic carbocycles. The van der Waals surface area contributed by atoms with Gasteiger partial charge in [-0.05, 0) is 0 Å². The van der Waals surface area contributed by atoms with Crippen molar-refractivity contribution in [3.05, 3.63) is 15.9 Å². The zero-order chi connectivity index (χ0) is 18.1. The van der Waals surface area contributed by atoms with E-state index in [0.717, 1.165) is 0 Å². The Morgan fingerprint density at radius 3 is 1.92 bits per heavy atom. The summed E-state index contributed by atoms with van der Waals surface area (Å²) in [5, 5.41) is 0. The fourth-order valence-electron chi connectivity index (χ4n) is 2.86. The molecule has 0 saturated heterocycles. The van der Waals surface area contributed by atoms with Crippen LogP contribution in [0, 0.1) is 0 Å². The van der Waals surface area contributed by atoms with Crippen LogP contribution in [-0.2, 0) is 9.47 Å². The number of hydrogen-bond donors (Lipinski definition) is 0. The Hall–Kier alpha value is -0.411. The van der Waals surface area contributed by atoms with Gasteiger partial charge in [0, 0.05) is 0 Å². The molecule has 0 bridgehead atoms. The van der Waals surface area contributed by atoms with Gasteiger partial charge < -0.3 is 0 Å². The third kappa shape index (κ3) is 12.0. The summed E-state index contributed by atoms with van der Waals surface area (Å²) in [5.41, 5.74) is 3.47. The van der Waals surface area contributed by atoms with Crippen molar-refractivity contribution < 1.29 is 14.3 Å². The normalized spacial score (nSPS) is 10.8. The number of rotatable bonds is 14. The summed E-state index contributed by atoms with van der Waals surface area (Å²) in [5.74, 6) is 0. The van der Waals surface area contributed by atoms with Crippen molar-refractivity contribution in [2.45, 2.75) is 86.0 Å².